The molecule has 0 saturated carbocycles. The van der Waals surface area contributed by atoms with Crippen molar-refractivity contribution in [2.24, 2.45) is 0 Å². The molecular formula is C28H31F4N3O5. The van der Waals surface area contributed by atoms with Crippen LogP contribution in [0.3, 0.4) is 0 Å². The second-order valence-electron chi connectivity index (χ2n) is 9.95. The lowest BCUT2D eigenvalue weighted by atomic mass is 9.95. The maximum Gasteiger partial charge on any atom is 0.305 e. The van der Waals surface area contributed by atoms with Gasteiger partial charge in [0.2, 0.25) is 0 Å². The fourth-order valence-corrected chi connectivity index (χ4v) is 4.52. The fraction of sp³-hybridized carbons (Fsp3) is 0.393. The van der Waals surface area contributed by atoms with Crippen molar-refractivity contribution < 1.29 is 42.5 Å². The average Bonchev–Trinajstić information content (AvgIpc) is 3.24. The van der Waals surface area contributed by atoms with Gasteiger partial charge in [0.25, 0.3) is 5.91 Å². The maximum atomic E-state index is 14.3. The standard InChI is InChI=1S/C28H31F4N3O5/c1-15(2)25-23(9-8-20(36)12-21(37)13-24(38)39)35(19-6-4-17(29)5-7-19)33-27(25)28(40)34(3)14-16-10-18(30)11-22(31)26(16)32/h4-7,10-11,15,20-21,36-37H,8-9,12-14H2,1-3H3,(H,38,39). The van der Waals surface area contributed by atoms with Crippen LogP contribution in [0.2, 0.25) is 0 Å². The summed E-state index contributed by atoms with van der Waals surface area (Å²) in [5.41, 5.74) is 1.03. The van der Waals surface area contributed by atoms with E-state index < -0.39 is 60.3 Å². The number of benzene rings is 2. The first kappa shape index (κ1) is 30.8. The number of hydrogen-bond donors (Lipinski definition) is 3. The van der Waals surface area contributed by atoms with E-state index in [2.05, 4.69) is 5.10 Å². The zero-order valence-electron chi connectivity index (χ0n) is 22.2. The molecule has 0 aliphatic heterocycles. The number of nitrogens with zero attached hydrogens (tertiary/aromatic N) is 3. The van der Waals surface area contributed by atoms with Gasteiger partial charge in [0.1, 0.15) is 11.6 Å². The van der Waals surface area contributed by atoms with E-state index in [-0.39, 0.29) is 36.4 Å². The van der Waals surface area contributed by atoms with Crippen LogP contribution in [0.15, 0.2) is 36.4 Å². The number of carboxylic acids is 1. The highest BCUT2D eigenvalue weighted by Crippen LogP contribution is 2.29. The Kier molecular flexibility index (Phi) is 10.0. The molecule has 2 aromatic carbocycles. The Hall–Kier alpha value is -3.77. The van der Waals surface area contributed by atoms with Crippen molar-refractivity contribution in [2.75, 3.05) is 7.05 Å². The summed E-state index contributed by atoms with van der Waals surface area (Å²) < 4.78 is 56.8. The Bertz CT molecular complexity index is 1360. The number of amides is 1. The van der Waals surface area contributed by atoms with Gasteiger partial charge in [-0.15, -0.1) is 0 Å². The lowest BCUT2D eigenvalue weighted by Gasteiger charge is -2.19. The molecule has 12 heteroatoms. The van der Waals surface area contributed by atoms with Gasteiger partial charge >= 0.3 is 5.97 Å². The molecule has 2 unspecified atom stereocenters. The Morgan fingerprint density at radius 3 is 2.25 bits per heavy atom. The number of rotatable bonds is 12. The molecule has 1 amide bonds. The first-order valence-electron chi connectivity index (χ1n) is 12.6. The average molecular weight is 566 g/mol. The van der Waals surface area contributed by atoms with Crippen LogP contribution >= 0.6 is 0 Å². The van der Waals surface area contributed by atoms with Crippen LogP contribution in [-0.4, -0.2) is 61.1 Å². The van der Waals surface area contributed by atoms with Crippen molar-refractivity contribution in [3.8, 4) is 5.69 Å². The van der Waals surface area contributed by atoms with Crippen molar-refractivity contribution in [1.82, 2.24) is 14.7 Å². The molecule has 0 aliphatic rings. The highest BCUT2D eigenvalue weighted by molar-refractivity contribution is 5.94. The molecule has 8 nitrogen and oxygen atoms in total. The van der Waals surface area contributed by atoms with Crippen LogP contribution in [0.5, 0.6) is 0 Å². The lowest BCUT2D eigenvalue weighted by Crippen LogP contribution is -2.28. The van der Waals surface area contributed by atoms with E-state index in [0.717, 1.165) is 11.0 Å². The summed E-state index contributed by atoms with van der Waals surface area (Å²) >= 11 is 0. The van der Waals surface area contributed by atoms with Crippen LogP contribution in [-0.2, 0) is 17.8 Å². The topological polar surface area (TPSA) is 116 Å². The molecule has 2 atom stereocenters. The Morgan fingerprint density at radius 2 is 1.65 bits per heavy atom. The van der Waals surface area contributed by atoms with Gasteiger partial charge in [-0.1, -0.05) is 13.8 Å². The number of halogens is 4. The van der Waals surface area contributed by atoms with Crippen molar-refractivity contribution in [3.63, 3.8) is 0 Å². The van der Waals surface area contributed by atoms with Crippen molar-refractivity contribution in [2.45, 2.75) is 64.2 Å². The largest absolute Gasteiger partial charge is 0.481 e. The predicted molar refractivity (Wildman–Crippen MR) is 137 cm³/mol. The van der Waals surface area contributed by atoms with E-state index in [0.29, 0.717) is 23.0 Å². The third-order valence-electron chi connectivity index (χ3n) is 6.36. The first-order chi connectivity index (χ1) is 18.8. The van der Waals surface area contributed by atoms with E-state index in [1.807, 2.05) is 0 Å². The normalized spacial score (nSPS) is 12.9. The third kappa shape index (κ3) is 7.45. The molecule has 1 aromatic heterocycles. The number of aliphatic carboxylic acids is 1. The van der Waals surface area contributed by atoms with E-state index in [9.17, 15) is 37.4 Å². The van der Waals surface area contributed by atoms with Gasteiger partial charge in [-0.3, -0.25) is 9.59 Å². The summed E-state index contributed by atoms with van der Waals surface area (Å²) in [6.07, 6.45) is -2.79. The third-order valence-corrected chi connectivity index (χ3v) is 6.36. The summed E-state index contributed by atoms with van der Waals surface area (Å²) in [6.45, 7) is 3.16. The summed E-state index contributed by atoms with van der Waals surface area (Å²) in [5.74, 6) is -6.29. The lowest BCUT2D eigenvalue weighted by molar-refractivity contribution is -0.139. The Morgan fingerprint density at radius 1 is 1.00 bits per heavy atom. The number of aromatic nitrogens is 2. The van der Waals surface area contributed by atoms with Gasteiger partial charge < -0.3 is 20.2 Å². The molecule has 0 spiro atoms. The molecule has 3 aromatic rings. The molecule has 0 fully saturated rings. The van der Waals surface area contributed by atoms with Crippen LogP contribution < -0.4 is 0 Å². The molecule has 0 radical (unpaired) electrons. The monoisotopic (exact) mass is 565 g/mol. The number of hydrogen-bond acceptors (Lipinski definition) is 5. The van der Waals surface area contributed by atoms with Crippen LogP contribution in [0.25, 0.3) is 5.69 Å². The number of aliphatic hydroxyl groups is 2. The first-order valence-corrected chi connectivity index (χ1v) is 12.6. The Labute approximate surface area is 228 Å². The highest BCUT2D eigenvalue weighted by atomic mass is 19.2. The number of aliphatic hydroxyl groups excluding tert-OH is 2. The maximum absolute atomic E-state index is 14.3. The Balaban J connectivity index is 1.98. The minimum atomic E-state index is -1.38. The molecule has 0 saturated heterocycles. The molecular weight excluding hydrogens is 534 g/mol. The molecule has 216 valence electrons. The quantitative estimate of drug-likeness (QED) is 0.222. The zero-order chi connectivity index (χ0) is 29.7. The molecule has 0 bridgehead atoms. The highest BCUT2D eigenvalue weighted by Gasteiger charge is 2.29. The molecule has 3 rings (SSSR count). The smallest absolute Gasteiger partial charge is 0.305 e. The molecule has 3 N–H and O–H groups in total. The molecule has 1 heterocycles. The predicted octanol–water partition coefficient (Wildman–Crippen LogP) is 4.34. The van der Waals surface area contributed by atoms with E-state index in [1.54, 1.807) is 13.8 Å². The van der Waals surface area contributed by atoms with Crippen LogP contribution in [0.1, 0.15) is 66.3 Å². The number of carbonyl (C=O) groups excluding carboxylic acids is 1. The van der Waals surface area contributed by atoms with Gasteiger partial charge in [-0.05, 0) is 55.5 Å². The van der Waals surface area contributed by atoms with Gasteiger partial charge in [0, 0.05) is 36.5 Å². The van der Waals surface area contributed by atoms with E-state index >= 15 is 0 Å². The van der Waals surface area contributed by atoms with Crippen LogP contribution in [0.4, 0.5) is 17.6 Å². The summed E-state index contributed by atoms with van der Waals surface area (Å²) in [4.78, 5) is 25.4. The van der Waals surface area contributed by atoms with E-state index in [4.69, 9.17) is 5.11 Å². The fourth-order valence-electron chi connectivity index (χ4n) is 4.52. The number of carboxylic acid groups (broad SMARTS) is 1. The van der Waals surface area contributed by atoms with Gasteiger partial charge in [-0.2, -0.15) is 5.10 Å². The van der Waals surface area contributed by atoms with Crippen LogP contribution in [0, 0.1) is 23.3 Å². The van der Waals surface area contributed by atoms with E-state index in [1.165, 1.54) is 36.0 Å². The van der Waals surface area contributed by atoms with Gasteiger partial charge in [-0.25, -0.2) is 22.2 Å². The second kappa shape index (κ2) is 13.1. The van der Waals surface area contributed by atoms with Gasteiger partial charge in [0.15, 0.2) is 17.3 Å². The molecule has 0 aliphatic carbocycles. The van der Waals surface area contributed by atoms with Crippen molar-refractivity contribution in [3.05, 3.63) is 82.2 Å². The van der Waals surface area contributed by atoms with Gasteiger partial charge in [0.05, 0.1) is 24.3 Å². The summed E-state index contributed by atoms with van der Waals surface area (Å²) in [6, 6.07) is 6.53. The molecule has 40 heavy (non-hydrogen) atoms. The zero-order valence-corrected chi connectivity index (χ0v) is 22.2. The minimum absolute atomic E-state index is 0.0190. The SMILES string of the molecule is CC(C)c1c(C(=O)N(C)Cc2cc(F)cc(F)c2F)nn(-c2ccc(F)cc2)c1CCC(O)CC(O)CC(=O)O. The van der Waals surface area contributed by atoms with Crippen molar-refractivity contribution in [1.29, 1.82) is 0 Å². The summed E-state index contributed by atoms with van der Waals surface area (Å²) in [7, 11) is 1.33. The number of carbonyl (C=O) groups is 2. The minimum Gasteiger partial charge on any atom is -0.481 e. The van der Waals surface area contributed by atoms with Crippen molar-refractivity contribution >= 4 is 11.9 Å². The second-order valence-corrected chi connectivity index (χ2v) is 9.95. The summed E-state index contributed by atoms with van der Waals surface area (Å²) in [5, 5.41) is 33.7.